The lowest BCUT2D eigenvalue weighted by Crippen LogP contribution is -2.13. The van der Waals surface area contributed by atoms with Gasteiger partial charge in [-0.1, -0.05) is 19.1 Å². The Labute approximate surface area is 202 Å². The van der Waals surface area contributed by atoms with E-state index in [0.29, 0.717) is 30.2 Å². The van der Waals surface area contributed by atoms with Crippen LogP contribution in [0.3, 0.4) is 0 Å². The number of carbonyl (C=O) groups is 1. The summed E-state index contributed by atoms with van der Waals surface area (Å²) in [6, 6.07) is 19.0. The van der Waals surface area contributed by atoms with Crippen molar-refractivity contribution in [2.75, 3.05) is 12.4 Å². The van der Waals surface area contributed by atoms with Crippen molar-refractivity contribution in [3.05, 3.63) is 95.7 Å². The molecule has 6 nitrogen and oxygen atoms in total. The lowest BCUT2D eigenvalue weighted by Gasteiger charge is -2.12. The highest BCUT2D eigenvalue weighted by molar-refractivity contribution is 5.91. The Kier molecular flexibility index (Phi) is 7.40. The molecule has 35 heavy (non-hydrogen) atoms. The van der Waals surface area contributed by atoms with Crippen LogP contribution in [0.15, 0.2) is 72.8 Å². The van der Waals surface area contributed by atoms with Crippen LogP contribution < -0.4 is 14.8 Å². The first kappa shape index (κ1) is 23.9. The van der Waals surface area contributed by atoms with E-state index < -0.39 is 5.82 Å². The number of rotatable bonds is 9. The minimum atomic E-state index is -0.497. The molecule has 8 heteroatoms. The number of amides is 1. The summed E-state index contributed by atoms with van der Waals surface area (Å²) in [5.74, 6) is 0.353. The van der Waals surface area contributed by atoms with Crippen LogP contribution in [0.4, 0.5) is 14.5 Å². The van der Waals surface area contributed by atoms with Gasteiger partial charge in [-0.2, -0.15) is 5.10 Å². The van der Waals surface area contributed by atoms with E-state index >= 15 is 0 Å². The molecular weight excluding hydrogens is 452 g/mol. The molecule has 1 amide bonds. The molecule has 0 radical (unpaired) electrons. The Balaban J connectivity index is 1.65. The maximum absolute atomic E-state index is 13.9. The fourth-order valence-electron chi connectivity index (χ4n) is 3.64. The topological polar surface area (TPSA) is 65.4 Å². The normalized spacial score (nSPS) is 10.7. The lowest BCUT2D eigenvalue weighted by molar-refractivity contribution is -0.116. The van der Waals surface area contributed by atoms with Crippen molar-refractivity contribution >= 4 is 11.6 Å². The predicted molar refractivity (Wildman–Crippen MR) is 129 cm³/mol. The first-order valence-electron chi connectivity index (χ1n) is 11.2. The third-order valence-corrected chi connectivity index (χ3v) is 5.45. The van der Waals surface area contributed by atoms with Crippen molar-refractivity contribution in [2.45, 2.75) is 26.2 Å². The van der Waals surface area contributed by atoms with Gasteiger partial charge >= 0.3 is 0 Å². The van der Waals surface area contributed by atoms with E-state index in [1.807, 2.05) is 31.2 Å². The molecule has 180 valence electrons. The summed E-state index contributed by atoms with van der Waals surface area (Å²) in [5, 5.41) is 7.34. The highest BCUT2D eigenvalue weighted by Crippen LogP contribution is 2.33. The van der Waals surface area contributed by atoms with Gasteiger partial charge in [-0.05, 0) is 73.5 Å². The van der Waals surface area contributed by atoms with Crippen molar-refractivity contribution in [1.29, 1.82) is 0 Å². The van der Waals surface area contributed by atoms with Crippen LogP contribution in [0, 0.1) is 11.6 Å². The zero-order valence-corrected chi connectivity index (χ0v) is 19.4. The first-order valence-corrected chi connectivity index (χ1v) is 11.2. The molecule has 0 bridgehead atoms. The van der Waals surface area contributed by atoms with Gasteiger partial charge in [-0.25, -0.2) is 13.5 Å². The Morgan fingerprint density at radius 1 is 0.971 bits per heavy atom. The maximum atomic E-state index is 13.9. The van der Waals surface area contributed by atoms with E-state index in [4.69, 9.17) is 14.6 Å². The Hall–Kier alpha value is -4.20. The summed E-state index contributed by atoms with van der Waals surface area (Å²) in [5.41, 5.74) is 2.37. The molecule has 0 aliphatic rings. The quantitative estimate of drug-likeness (QED) is 0.317. The van der Waals surface area contributed by atoms with Gasteiger partial charge in [-0.15, -0.1) is 0 Å². The van der Waals surface area contributed by atoms with Crippen LogP contribution in [0.1, 0.15) is 24.6 Å². The van der Waals surface area contributed by atoms with Crippen LogP contribution >= 0.6 is 0 Å². The summed E-state index contributed by atoms with van der Waals surface area (Å²) in [4.78, 5) is 12.6. The second-order valence-electron chi connectivity index (χ2n) is 7.78. The fourth-order valence-corrected chi connectivity index (χ4v) is 3.64. The number of hydrogen-bond acceptors (Lipinski definition) is 4. The number of aromatic nitrogens is 2. The van der Waals surface area contributed by atoms with Crippen LogP contribution in [0.5, 0.6) is 17.4 Å². The van der Waals surface area contributed by atoms with Crippen molar-refractivity contribution in [1.82, 2.24) is 9.78 Å². The van der Waals surface area contributed by atoms with Gasteiger partial charge in [0.2, 0.25) is 11.8 Å². The molecule has 1 heterocycles. The SMILES string of the molecule is CCc1nn(-c2ccc(OC)cc2)c(Oc2ccc(F)cc2)c1CCC(=O)Nc1ccccc1F. The smallest absolute Gasteiger partial charge is 0.226 e. The third kappa shape index (κ3) is 5.66. The van der Waals surface area contributed by atoms with Gasteiger partial charge in [0.15, 0.2) is 0 Å². The number of ether oxygens (including phenoxy) is 2. The van der Waals surface area contributed by atoms with E-state index in [-0.39, 0.29) is 23.8 Å². The molecule has 4 rings (SSSR count). The number of hydrogen-bond donors (Lipinski definition) is 1. The van der Waals surface area contributed by atoms with E-state index in [0.717, 1.165) is 16.9 Å². The molecule has 0 aliphatic carbocycles. The number of benzene rings is 3. The molecule has 0 spiro atoms. The number of nitrogens with one attached hydrogen (secondary N) is 1. The molecule has 0 aliphatic heterocycles. The molecule has 0 fully saturated rings. The van der Waals surface area contributed by atoms with Crippen LogP contribution in [0.25, 0.3) is 5.69 Å². The number of carbonyl (C=O) groups excluding carboxylic acids is 1. The van der Waals surface area contributed by atoms with E-state index in [1.54, 1.807) is 23.9 Å². The highest BCUT2D eigenvalue weighted by Gasteiger charge is 2.21. The van der Waals surface area contributed by atoms with Crippen LogP contribution in [-0.2, 0) is 17.6 Å². The standard InChI is InChI=1S/C27H25F2N3O3/c1-3-24-22(16-17-26(33)30-25-7-5-4-6-23(25)29)27(35-21-12-8-18(28)9-13-21)32(31-24)19-10-14-20(34-2)15-11-19/h4-15H,3,16-17H2,1-2H3,(H,30,33). The van der Waals surface area contributed by atoms with Gasteiger partial charge in [0.1, 0.15) is 23.1 Å². The molecule has 3 aromatic carbocycles. The molecule has 4 aromatic rings. The number of halogens is 2. The van der Waals surface area contributed by atoms with Gasteiger partial charge in [0.05, 0.1) is 24.2 Å². The average molecular weight is 478 g/mol. The molecule has 0 saturated carbocycles. The molecule has 0 saturated heterocycles. The highest BCUT2D eigenvalue weighted by atomic mass is 19.1. The number of methoxy groups -OCH3 is 1. The van der Waals surface area contributed by atoms with Crippen LogP contribution in [-0.4, -0.2) is 22.8 Å². The Morgan fingerprint density at radius 2 is 1.66 bits per heavy atom. The molecule has 0 unspecified atom stereocenters. The average Bonchev–Trinajstić information content (AvgIpc) is 3.22. The number of nitrogens with zero attached hydrogens (tertiary/aromatic N) is 2. The van der Waals surface area contributed by atoms with Gasteiger partial charge in [0, 0.05) is 12.0 Å². The Morgan fingerprint density at radius 3 is 2.31 bits per heavy atom. The Bertz CT molecular complexity index is 1300. The van der Waals surface area contributed by atoms with E-state index in [1.165, 1.54) is 36.4 Å². The molecule has 1 N–H and O–H groups in total. The van der Waals surface area contributed by atoms with Gasteiger partial charge < -0.3 is 14.8 Å². The van der Waals surface area contributed by atoms with E-state index in [9.17, 15) is 13.6 Å². The number of aryl methyl sites for hydroxylation is 1. The predicted octanol–water partition coefficient (Wildman–Crippen LogP) is 6.09. The summed E-state index contributed by atoms with van der Waals surface area (Å²) in [7, 11) is 1.59. The van der Waals surface area contributed by atoms with Gasteiger partial charge in [0.25, 0.3) is 0 Å². The number of anilines is 1. The fraction of sp³-hybridized carbons (Fsp3) is 0.185. The van der Waals surface area contributed by atoms with Gasteiger partial charge in [-0.3, -0.25) is 4.79 Å². The summed E-state index contributed by atoms with van der Waals surface area (Å²) in [6.07, 6.45) is 1.01. The second kappa shape index (κ2) is 10.8. The molecule has 1 aromatic heterocycles. The summed E-state index contributed by atoms with van der Waals surface area (Å²) < 4.78 is 40.4. The zero-order valence-electron chi connectivity index (χ0n) is 19.4. The minimum Gasteiger partial charge on any atom is -0.497 e. The summed E-state index contributed by atoms with van der Waals surface area (Å²) >= 11 is 0. The largest absolute Gasteiger partial charge is 0.497 e. The maximum Gasteiger partial charge on any atom is 0.226 e. The van der Waals surface area contributed by atoms with Crippen molar-refractivity contribution in [2.24, 2.45) is 0 Å². The van der Waals surface area contributed by atoms with E-state index in [2.05, 4.69) is 5.32 Å². The lowest BCUT2D eigenvalue weighted by atomic mass is 10.1. The minimum absolute atomic E-state index is 0.0927. The van der Waals surface area contributed by atoms with Crippen molar-refractivity contribution < 1.29 is 23.0 Å². The summed E-state index contributed by atoms with van der Waals surface area (Å²) in [6.45, 7) is 1.96. The molecule has 0 atom stereocenters. The zero-order chi connectivity index (χ0) is 24.8. The molecular formula is C27H25F2N3O3. The van der Waals surface area contributed by atoms with Crippen LogP contribution in [0.2, 0.25) is 0 Å². The second-order valence-corrected chi connectivity index (χ2v) is 7.78. The van der Waals surface area contributed by atoms with Crippen molar-refractivity contribution in [3.63, 3.8) is 0 Å². The third-order valence-electron chi connectivity index (χ3n) is 5.45. The monoisotopic (exact) mass is 477 g/mol. The van der Waals surface area contributed by atoms with Crippen molar-refractivity contribution in [3.8, 4) is 23.1 Å². The number of para-hydroxylation sites is 1. The first-order chi connectivity index (χ1) is 17.0.